The van der Waals surface area contributed by atoms with Crippen molar-refractivity contribution in [3.8, 4) is 6.07 Å². The SMILES string of the molecule is N#C/C(=C\c1ccc(F)c(F)c1)c1nc2sc3c(c2c(=O)[nH]1)CCCC3. The Balaban J connectivity index is 1.84. The Morgan fingerprint density at radius 2 is 2.08 bits per heavy atom. The summed E-state index contributed by atoms with van der Waals surface area (Å²) in [5.41, 5.74) is 1.20. The van der Waals surface area contributed by atoms with E-state index in [0.717, 1.165) is 43.4 Å². The van der Waals surface area contributed by atoms with Crippen LogP contribution in [0, 0.1) is 23.0 Å². The number of nitrogens with one attached hydrogen (secondary N) is 1. The minimum absolute atomic E-state index is 0.0846. The standard InChI is InChI=1S/C19H13F2N3OS/c20-13-6-5-10(8-14(13)21)7-11(9-22)17-23-18(25)16-12-3-1-2-4-15(12)26-19(16)24-17/h5-8H,1-4H2,(H,23,24,25)/b11-7+. The van der Waals surface area contributed by atoms with Gasteiger partial charge in [-0.15, -0.1) is 11.3 Å². The van der Waals surface area contributed by atoms with E-state index in [2.05, 4.69) is 9.97 Å². The van der Waals surface area contributed by atoms with Gasteiger partial charge in [-0.3, -0.25) is 4.79 Å². The smallest absolute Gasteiger partial charge is 0.260 e. The van der Waals surface area contributed by atoms with E-state index in [1.807, 2.05) is 6.07 Å². The van der Waals surface area contributed by atoms with Crippen molar-refractivity contribution in [2.45, 2.75) is 25.7 Å². The lowest BCUT2D eigenvalue weighted by Gasteiger charge is -2.09. The minimum Gasteiger partial charge on any atom is -0.305 e. The summed E-state index contributed by atoms with van der Waals surface area (Å²) in [7, 11) is 0. The van der Waals surface area contributed by atoms with Crippen molar-refractivity contribution in [1.29, 1.82) is 5.26 Å². The van der Waals surface area contributed by atoms with Gasteiger partial charge in [0.1, 0.15) is 10.9 Å². The lowest BCUT2D eigenvalue weighted by atomic mass is 9.97. The van der Waals surface area contributed by atoms with Crippen LogP contribution in [-0.2, 0) is 12.8 Å². The average Bonchev–Trinajstić information content (AvgIpc) is 3.01. The molecule has 0 saturated heterocycles. The predicted octanol–water partition coefficient (Wildman–Crippen LogP) is 4.21. The lowest BCUT2D eigenvalue weighted by Crippen LogP contribution is -2.12. The zero-order valence-corrected chi connectivity index (χ0v) is 14.4. The van der Waals surface area contributed by atoms with Crippen molar-refractivity contribution in [1.82, 2.24) is 9.97 Å². The van der Waals surface area contributed by atoms with Gasteiger partial charge >= 0.3 is 0 Å². The summed E-state index contributed by atoms with van der Waals surface area (Å²) in [6, 6.07) is 5.31. The van der Waals surface area contributed by atoms with Crippen molar-refractivity contribution in [2.75, 3.05) is 0 Å². The van der Waals surface area contributed by atoms with Gasteiger partial charge in [-0.2, -0.15) is 5.26 Å². The molecule has 0 bridgehead atoms. The average molecular weight is 369 g/mol. The molecule has 3 aromatic rings. The number of thiophene rings is 1. The van der Waals surface area contributed by atoms with Crippen LogP contribution in [0.3, 0.4) is 0 Å². The lowest BCUT2D eigenvalue weighted by molar-refractivity contribution is 0.508. The van der Waals surface area contributed by atoms with Gasteiger partial charge in [0.15, 0.2) is 17.5 Å². The van der Waals surface area contributed by atoms with Gasteiger partial charge in [0, 0.05) is 4.88 Å². The van der Waals surface area contributed by atoms with Crippen molar-refractivity contribution in [3.05, 3.63) is 62.0 Å². The molecule has 0 unspecified atom stereocenters. The number of nitriles is 1. The number of aromatic nitrogens is 2. The molecule has 7 heteroatoms. The Morgan fingerprint density at radius 1 is 1.27 bits per heavy atom. The number of halogens is 2. The van der Waals surface area contributed by atoms with Crippen LogP contribution in [0.15, 0.2) is 23.0 Å². The van der Waals surface area contributed by atoms with E-state index in [1.54, 1.807) is 0 Å². The van der Waals surface area contributed by atoms with E-state index in [0.29, 0.717) is 15.8 Å². The number of rotatable bonds is 2. The van der Waals surface area contributed by atoms with E-state index in [-0.39, 0.29) is 17.0 Å². The number of H-pyrrole nitrogens is 1. The highest BCUT2D eigenvalue weighted by Gasteiger charge is 2.20. The summed E-state index contributed by atoms with van der Waals surface area (Å²) in [6.45, 7) is 0. The number of hydrogen-bond donors (Lipinski definition) is 1. The third-order valence-electron chi connectivity index (χ3n) is 4.46. The monoisotopic (exact) mass is 369 g/mol. The van der Waals surface area contributed by atoms with Gasteiger partial charge in [-0.1, -0.05) is 6.07 Å². The first kappa shape index (κ1) is 16.6. The van der Waals surface area contributed by atoms with Crippen LogP contribution in [-0.4, -0.2) is 9.97 Å². The fourth-order valence-electron chi connectivity index (χ4n) is 3.21. The topological polar surface area (TPSA) is 69.5 Å². The number of allylic oxidation sites excluding steroid dienone is 1. The molecule has 0 aliphatic heterocycles. The summed E-state index contributed by atoms with van der Waals surface area (Å²) < 4.78 is 26.4. The minimum atomic E-state index is -1.00. The summed E-state index contributed by atoms with van der Waals surface area (Å²) in [5.74, 6) is -1.83. The van der Waals surface area contributed by atoms with Crippen LogP contribution in [0.5, 0.6) is 0 Å². The van der Waals surface area contributed by atoms with Gasteiger partial charge in [0.25, 0.3) is 5.56 Å². The number of aryl methyl sites for hydroxylation is 2. The first-order chi connectivity index (χ1) is 12.6. The molecule has 0 spiro atoms. The van der Waals surface area contributed by atoms with Crippen LogP contribution in [0.4, 0.5) is 8.78 Å². The Bertz CT molecular complexity index is 1150. The zero-order chi connectivity index (χ0) is 18.3. The maximum Gasteiger partial charge on any atom is 0.260 e. The Morgan fingerprint density at radius 3 is 2.85 bits per heavy atom. The third-order valence-corrected chi connectivity index (χ3v) is 5.64. The van der Waals surface area contributed by atoms with Crippen LogP contribution < -0.4 is 5.56 Å². The zero-order valence-electron chi connectivity index (χ0n) is 13.6. The number of hydrogen-bond acceptors (Lipinski definition) is 4. The van der Waals surface area contributed by atoms with E-state index in [4.69, 9.17) is 0 Å². The Labute approximate surface area is 151 Å². The normalized spacial score (nSPS) is 14.3. The van der Waals surface area contributed by atoms with E-state index in [1.165, 1.54) is 28.4 Å². The highest BCUT2D eigenvalue weighted by Crippen LogP contribution is 2.33. The molecule has 0 radical (unpaired) electrons. The molecule has 1 aliphatic carbocycles. The largest absolute Gasteiger partial charge is 0.305 e. The Kier molecular flexibility index (Phi) is 4.13. The molecule has 0 amide bonds. The number of nitrogens with zero attached hydrogens (tertiary/aromatic N) is 2. The first-order valence-electron chi connectivity index (χ1n) is 8.18. The number of benzene rings is 1. The maximum absolute atomic E-state index is 13.4. The Hall–Kier alpha value is -2.85. The van der Waals surface area contributed by atoms with Crippen molar-refractivity contribution in [2.24, 2.45) is 0 Å². The highest BCUT2D eigenvalue weighted by atomic mass is 32.1. The molecule has 4 nitrogen and oxygen atoms in total. The van der Waals surface area contributed by atoms with Gasteiger partial charge < -0.3 is 4.98 Å². The molecule has 2 aromatic heterocycles. The van der Waals surface area contributed by atoms with Crippen LogP contribution >= 0.6 is 11.3 Å². The van der Waals surface area contributed by atoms with E-state index in [9.17, 15) is 18.8 Å². The van der Waals surface area contributed by atoms with Gasteiger partial charge in [0.2, 0.25) is 0 Å². The molecule has 2 heterocycles. The maximum atomic E-state index is 13.4. The fourth-order valence-corrected chi connectivity index (χ4v) is 4.48. The van der Waals surface area contributed by atoms with Crippen LogP contribution in [0.1, 0.15) is 34.7 Å². The highest BCUT2D eigenvalue weighted by molar-refractivity contribution is 7.18. The van der Waals surface area contributed by atoms with Crippen LogP contribution in [0.25, 0.3) is 21.9 Å². The predicted molar refractivity (Wildman–Crippen MR) is 96.7 cm³/mol. The second kappa shape index (κ2) is 6.46. The molecule has 4 rings (SSSR count). The molecule has 1 N–H and O–H groups in total. The molecule has 26 heavy (non-hydrogen) atoms. The quantitative estimate of drug-likeness (QED) is 0.688. The summed E-state index contributed by atoms with van der Waals surface area (Å²) >= 11 is 1.49. The van der Waals surface area contributed by atoms with Gasteiger partial charge in [-0.05, 0) is 55.0 Å². The first-order valence-corrected chi connectivity index (χ1v) is 9.00. The molecule has 0 fully saturated rings. The summed E-state index contributed by atoms with van der Waals surface area (Å²) in [5, 5.41) is 10.1. The van der Waals surface area contributed by atoms with Crippen LogP contribution in [0.2, 0.25) is 0 Å². The van der Waals surface area contributed by atoms with Crippen molar-refractivity contribution in [3.63, 3.8) is 0 Å². The van der Waals surface area contributed by atoms with Crippen molar-refractivity contribution < 1.29 is 8.78 Å². The summed E-state index contributed by atoms with van der Waals surface area (Å²) in [4.78, 5) is 21.5. The van der Waals surface area contributed by atoms with Crippen molar-refractivity contribution >= 4 is 33.2 Å². The summed E-state index contributed by atoms with van der Waals surface area (Å²) in [6.07, 6.45) is 5.35. The second-order valence-corrected chi connectivity index (χ2v) is 7.23. The fraction of sp³-hybridized carbons (Fsp3) is 0.211. The van der Waals surface area contributed by atoms with Gasteiger partial charge in [-0.25, -0.2) is 13.8 Å². The molecule has 1 aliphatic rings. The van der Waals surface area contributed by atoms with Gasteiger partial charge in [0.05, 0.1) is 11.0 Å². The molecular formula is C19H13F2N3OS. The molecule has 0 saturated carbocycles. The van der Waals surface area contributed by atoms with E-state index >= 15 is 0 Å². The number of aromatic amines is 1. The number of fused-ring (bicyclic) bond motifs is 3. The van der Waals surface area contributed by atoms with E-state index < -0.39 is 11.6 Å². The molecule has 1 aromatic carbocycles. The molecular weight excluding hydrogens is 356 g/mol. The molecule has 0 atom stereocenters. The second-order valence-electron chi connectivity index (χ2n) is 6.15. The molecule has 130 valence electrons. The third kappa shape index (κ3) is 2.82.